The van der Waals surface area contributed by atoms with Gasteiger partial charge in [-0.1, -0.05) is 29.6 Å². The second-order valence-corrected chi connectivity index (χ2v) is 5.32. The Morgan fingerprint density at radius 2 is 1.90 bits per heavy atom. The van der Waals surface area contributed by atoms with E-state index in [1.807, 2.05) is 0 Å². The number of nitro groups is 1. The maximum absolute atomic E-state index is 12.1. The van der Waals surface area contributed by atoms with E-state index in [1.165, 1.54) is 6.07 Å². The van der Waals surface area contributed by atoms with E-state index in [0.717, 1.165) is 38.4 Å². The molecule has 0 saturated carbocycles. The predicted molar refractivity (Wildman–Crippen MR) is 76.0 cm³/mol. The third kappa shape index (κ3) is 3.39. The summed E-state index contributed by atoms with van der Waals surface area (Å²) in [5, 5.41) is 12.5. The van der Waals surface area contributed by atoms with Crippen molar-refractivity contribution in [2.75, 3.05) is 13.1 Å². The normalized spacial score (nSPS) is 15.9. The molecule has 0 aromatic heterocycles. The maximum atomic E-state index is 12.1. The molecule has 0 aliphatic carbocycles. The van der Waals surface area contributed by atoms with Gasteiger partial charge in [0.1, 0.15) is 5.02 Å². The molecule has 0 atom stereocenters. The number of nitro benzene ring substituents is 1. The van der Waals surface area contributed by atoms with E-state index in [1.54, 1.807) is 5.01 Å². The number of hydrogen-bond donors (Lipinski definition) is 1. The minimum Gasteiger partial charge on any atom is -0.285 e. The summed E-state index contributed by atoms with van der Waals surface area (Å²) in [7, 11) is 0. The van der Waals surface area contributed by atoms with Gasteiger partial charge in [0, 0.05) is 24.7 Å². The second kappa shape index (κ2) is 6.39. The molecule has 1 aliphatic heterocycles. The van der Waals surface area contributed by atoms with Crippen LogP contribution in [0.2, 0.25) is 10.0 Å². The van der Waals surface area contributed by atoms with Gasteiger partial charge in [0.05, 0.1) is 9.95 Å². The highest BCUT2D eigenvalue weighted by Crippen LogP contribution is 2.33. The Bertz CT molecular complexity index is 545. The zero-order valence-corrected chi connectivity index (χ0v) is 12.1. The first-order chi connectivity index (χ1) is 9.49. The first-order valence-corrected chi connectivity index (χ1v) is 6.94. The molecular formula is C12H13Cl2N3O3. The van der Waals surface area contributed by atoms with Gasteiger partial charge >= 0.3 is 0 Å². The monoisotopic (exact) mass is 317 g/mol. The van der Waals surface area contributed by atoms with E-state index in [4.69, 9.17) is 23.2 Å². The fraction of sp³-hybridized carbons (Fsp3) is 0.417. The quantitative estimate of drug-likeness (QED) is 0.686. The molecule has 0 spiro atoms. The lowest BCUT2D eigenvalue weighted by Gasteiger charge is -2.26. The van der Waals surface area contributed by atoms with Gasteiger partial charge in [0.2, 0.25) is 0 Å². The molecule has 20 heavy (non-hydrogen) atoms. The number of nitrogens with zero attached hydrogens (tertiary/aromatic N) is 2. The van der Waals surface area contributed by atoms with E-state index < -0.39 is 10.8 Å². The summed E-state index contributed by atoms with van der Waals surface area (Å²) in [6, 6.07) is 2.46. The number of carbonyl (C=O) groups is 1. The van der Waals surface area contributed by atoms with Crippen LogP contribution in [0.15, 0.2) is 12.1 Å². The third-order valence-electron chi connectivity index (χ3n) is 3.08. The Hall–Kier alpha value is -1.37. The Kier molecular flexibility index (Phi) is 4.80. The van der Waals surface area contributed by atoms with Crippen LogP contribution in [0.25, 0.3) is 0 Å². The SMILES string of the molecule is O=C(NN1CCCCC1)c1cc(Cl)c(Cl)c([N+](=O)[O-])c1. The van der Waals surface area contributed by atoms with Crippen molar-refractivity contribution < 1.29 is 9.72 Å². The van der Waals surface area contributed by atoms with Gasteiger partial charge in [0.15, 0.2) is 0 Å². The summed E-state index contributed by atoms with van der Waals surface area (Å²) in [5.41, 5.74) is 2.47. The number of amides is 1. The molecule has 0 bridgehead atoms. The number of carbonyl (C=O) groups excluding carboxylic acids is 1. The molecule has 1 amide bonds. The standard InChI is InChI=1S/C12H13Cl2N3O3/c13-9-6-8(7-10(11(9)14)17(19)20)12(18)15-16-4-2-1-3-5-16/h6-7H,1-5H2,(H,15,18). The first kappa shape index (κ1) is 15.0. The van der Waals surface area contributed by atoms with Gasteiger partial charge < -0.3 is 0 Å². The largest absolute Gasteiger partial charge is 0.290 e. The molecule has 2 rings (SSSR count). The molecule has 1 saturated heterocycles. The lowest BCUT2D eigenvalue weighted by atomic mass is 10.1. The topological polar surface area (TPSA) is 75.5 Å². The summed E-state index contributed by atoms with van der Waals surface area (Å²) in [4.78, 5) is 22.3. The van der Waals surface area contributed by atoms with Crippen LogP contribution >= 0.6 is 23.2 Å². The van der Waals surface area contributed by atoms with Gasteiger partial charge in [-0.15, -0.1) is 0 Å². The number of nitrogens with one attached hydrogen (secondary N) is 1. The number of piperidine rings is 1. The Balaban J connectivity index is 2.19. The van der Waals surface area contributed by atoms with E-state index in [0.29, 0.717) is 0 Å². The van der Waals surface area contributed by atoms with E-state index in [9.17, 15) is 14.9 Å². The summed E-state index contributed by atoms with van der Waals surface area (Å²) in [6.45, 7) is 1.55. The summed E-state index contributed by atoms with van der Waals surface area (Å²) in [6.07, 6.45) is 3.17. The highest BCUT2D eigenvalue weighted by atomic mass is 35.5. The van der Waals surface area contributed by atoms with Crippen molar-refractivity contribution in [3.8, 4) is 0 Å². The molecule has 1 N–H and O–H groups in total. The van der Waals surface area contributed by atoms with Crippen LogP contribution in [0.5, 0.6) is 0 Å². The molecule has 1 aromatic carbocycles. The molecule has 1 heterocycles. The van der Waals surface area contributed by atoms with Crippen LogP contribution in [-0.4, -0.2) is 28.9 Å². The first-order valence-electron chi connectivity index (χ1n) is 6.18. The average molecular weight is 318 g/mol. The molecule has 0 unspecified atom stereocenters. The van der Waals surface area contributed by atoms with E-state index in [2.05, 4.69) is 5.43 Å². The van der Waals surface area contributed by atoms with Crippen LogP contribution in [-0.2, 0) is 0 Å². The molecule has 6 nitrogen and oxygen atoms in total. The fourth-order valence-electron chi connectivity index (χ4n) is 2.05. The van der Waals surface area contributed by atoms with E-state index in [-0.39, 0.29) is 21.3 Å². The summed E-state index contributed by atoms with van der Waals surface area (Å²) < 4.78 is 0. The molecule has 108 valence electrons. The van der Waals surface area contributed by atoms with E-state index >= 15 is 0 Å². The van der Waals surface area contributed by atoms with Gasteiger partial charge in [-0.3, -0.25) is 20.3 Å². The van der Waals surface area contributed by atoms with Gasteiger partial charge in [-0.25, -0.2) is 5.01 Å². The van der Waals surface area contributed by atoms with Crippen LogP contribution in [0.3, 0.4) is 0 Å². The predicted octanol–water partition coefficient (Wildman–Crippen LogP) is 3.03. The number of rotatable bonds is 3. The van der Waals surface area contributed by atoms with Crippen molar-refractivity contribution in [1.82, 2.24) is 10.4 Å². The van der Waals surface area contributed by atoms with Gasteiger partial charge in [-0.05, 0) is 18.9 Å². The smallest absolute Gasteiger partial charge is 0.285 e. The van der Waals surface area contributed by atoms with Crippen molar-refractivity contribution in [1.29, 1.82) is 0 Å². The highest BCUT2D eigenvalue weighted by molar-refractivity contribution is 6.43. The maximum Gasteiger partial charge on any atom is 0.290 e. The lowest BCUT2D eigenvalue weighted by Crippen LogP contribution is -2.45. The van der Waals surface area contributed by atoms with Crippen molar-refractivity contribution in [2.45, 2.75) is 19.3 Å². The third-order valence-corrected chi connectivity index (χ3v) is 3.88. The zero-order chi connectivity index (χ0) is 14.7. The lowest BCUT2D eigenvalue weighted by molar-refractivity contribution is -0.384. The summed E-state index contributed by atoms with van der Waals surface area (Å²) in [5.74, 6) is -0.423. The van der Waals surface area contributed by atoms with Crippen LogP contribution < -0.4 is 5.43 Å². The molecule has 1 fully saturated rings. The number of halogens is 2. The van der Waals surface area contributed by atoms with Crippen LogP contribution in [0.1, 0.15) is 29.6 Å². The minimum atomic E-state index is -0.661. The molecule has 0 radical (unpaired) electrons. The molecular weight excluding hydrogens is 305 g/mol. The Labute approximate surface area is 125 Å². The number of benzene rings is 1. The molecule has 8 heteroatoms. The van der Waals surface area contributed by atoms with Crippen molar-refractivity contribution >= 4 is 34.8 Å². The molecule has 1 aromatic rings. The second-order valence-electron chi connectivity index (χ2n) is 4.54. The van der Waals surface area contributed by atoms with Gasteiger partial charge in [-0.2, -0.15) is 0 Å². The highest BCUT2D eigenvalue weighted by Gasteiger charge is 2.21. The molecule has 1 aliphatic rings. The van der Waals surface area contributed by atoms with Gasteiger partial charge in [0.25, 0.3) is 11.6 Å². The van der Waals surface area contributed by atoms with Crippen LogP contribution in [0, 0.1) is 10.1 Å². The average Bonchev–Trinajstić information content (AvgIpc) is 2.42. The van der Waals surface area contributed by atoms with Crippen molar-refractivity contribution in [3.05, 3.63) is 37.9 Å². The number of hydrogen-bond acceptors (Lipinski definition) is 4. The Morgan fingerprint density at radius 1 is 1.25 bits per heavy atom. The number of hydrazine groups is 1. The Morgan fingerprint density at radius 3 is 2.50 bits per heavy atom. The fourth-order valence-corrected chi connectivity index (χ4v) is 2.44. The van der Waals surface area contributed by atoms with Crippen molar-refractivity contribution in [3.63, 3.8) is 0 Å². The zero-order valence-electron chi connectivity index (χ0n) is 10.6. The van der Waals surface area contributed by atoms with Crippen molar-refractivity contribution in [2.24, 2.45) is 0 Å². The summed E-state index contributed by atoms with van der Waals surface area (Å²) >= 11 is 11.6. The van der Waals surface area contributed by atoms with Crippen LogP contribution in [0.4, 0.5) is 5.69 Å². The minimum absolute atomic E-state index is 0.00957.